The topological polar surface area (TPSA) is 76.2 Å². The second kappa shape index (κ2) is 3.69. The van der Waals surface area contributed by atoms with Gasteiger partial charge in [0.15, 0.2) is 5.65 Å². The molecule has 90 valence electrons. The number of nitrogen functional groups attached to an aromatic ring is 1. The molecule has 0 aliphatic heterocycles. The van der Waals surface area contributed by atoms with Crippen LogP contribution in [0.15, 0.2) is 41.3 Å². The molecule has 6 heteroatoms. The van der Waals surface area contributed by atoms with Gasteiger partial charge in [0, 0.05) is 6.07 Å². The number of aromatic nitrogens is 3. The summed E-state index contributed by atoms with van der Waals surface area (Å²) < 4.78 is 14.1. The molecule has 5 nitrogen and oxygen atoms in total. The van der Waals surface area contributed by atoms with Crippen molar-refractivity contribution in [2.24, 2.45) is 0 Å². The molecule has 0 amide bonds. The van der Waals surface area contributed by atoms with Gasteiger partial charge in [-0.3, -0.25) is 9.89 Å². The zero-order chi connectivity index (χ0) is 12.7. The number of anilines is 1. The van der Waals surface area contributed by atoms with Gasteiger partial charge in [-0.05, 0) is 29.8 Å². The molecule has 0 saturated carbocycles. The van der Waals surface area contributed by atoms with E-state index in [2.05, 4.69) is 10.1 Å². The predicted molar refractivity (Wildman–Crippen MR) is 65.6 cm³/mol. The number of hydrogen-bond acceptors (Lipinski definition) is 3. The molecule has 1 aromatic carbocycles. The van der Waals surface area contributed by atoms with Crippen LogP contribution in [-0.4, -0.2) is 14.6 Å². The lowest BCUT2D eigenvalue weighted by Gasteiger charge is -1.96. The molecule has 3 aromatic rings. The number of halogens is 1. The number of aromatic amines is 1. The predicted octanol–water partition coefficient (Wildman–Crippen LogP) is 1.41. The van der Waals surface area contributed by atoms with Crippen molar-refractivity contribution in [2.75, 3.05) is 5.73 Å². The summed E-state index contributed by atoms with van der Waals surface area (Å²) in [5.74, 6) is -0.311. The number of nitrogens with one attached hydrogen (secondary N) is 1. The van der Waals surface area contributed by atoms with E-state index < -0.39 is 0 Å². The van der Waals surface area contributed by atoms with E-state index in [4.69, 9.17) is 5.73 Å². The van der Waals surface area contributed by atoms with Gasteiger partial charge in [-0.1, -0.05) is 0 Å². The smallest absolute Gasteiger partial charge is 0.295 e. The maximum absolute atomic E-state index is 12.8. The van der Waals surface area contributed by atoms with Gasteiger partial charge in [-0.15, -0.1) is 0 Å². The Morgan fingerprint density at radius 1 is 1.28 bits per heavy atom. The van der Waals surface area contributed by atoms with Gasteiger partial charge in [0.25, 0.3) is 5.56 Å². The molecule has 0 aliphatic carbocycles. The van der Waals surface area contributed by atoms with E-state index in [9.17, 15) is 9.18 Å². The van der Waals surface area contributed by atoms with Crippen molar-refractivity contribution < 1.29 is 4.39 Å². The Balaban J connectivity index is 2.22. The second-order valence-corrected chi connectivity index (χ2v) is 3.89. The largest absolute Gasteiger partial charge is 0.393 e. The highest BCUT2D eigenvalue weighted by Gasteiger charge is 2.07. The highest BCUT2D eigenvalue weighted by molar-refractivity contribution is 5.64. The Morgan fingerprint density at radius 3 is 2.72 bits per heavy atom. The molecule has 0 radical (unpaired) electrons. The first kappa shape index (κ1) is 10.5. The van der Waals surface area contributed by atoms with Gasteiger partial charge in [0.1, 0.15) is 11.5 Å². The number of rotatable bonds is 1. The van der Waals surface area contributed by atoms with Crippen molar-refractivity contribution in [3.05, 3.63) is 52.7 Å². The maximum Gasteiger partial charge on any atom is 0.295 e. The fourth-order valence-electron chi connectivity index (χ4n) is 1.75. The van der Waals surface area contributed by atoms with E-state index in [1.807, 2.05) is 0 Å². The van der Waals surface area contributed by atoms with E-state index in [1.165, 1.54) is 22.8 Å². The highest BCUT2D eigenvalue weighted by Crippen LogP contribution is 2.18. The van der Waals surface area contributed by atoms with Crippen LogP contribution in [0, 0.1) is 5.82 Å². The van der Waals surface area contributed by atoms with Gasteiger partial charge in [0.05, 0.1) is 11.9 Å². The Morgan fingerprint density at radius 2 is 2.00 bits per heavy atom. The minimum absolute atomic E-state index is 0.0695. The molecule has 0 bridgehead atoms. The average Bonchev–Trinajstić information content (AvgIpc) is 2.80. The zero-order valence-corrected chi connectivity index (χ0v) is 9.22. The Bertz CT molecular complexity index is 773. The Kier molecular flexibility index (Phi) is 2.16. The van der Waals surface area contributed by atoms with Crippen molar-refractivity contribution >= 4 is 11.3 Å². The third kappa shape index (κ3) is 1.55. The Labute approximate surface area is 101 Å². The molecular formula is C12H9FN4O. The fraction of sp³-hybridized carbons (Fsp3) is 0. The van der Waals surface area contributed by atoms with Crippen LogP contribution in [0.1, 0.15) is 0 Å². The van der Waals surface area contributed by atoms with Crippen LogP contribution >= 0.6 is 0 Å². The average molecular weight is 244 g/mol. The van der Waals surface area contributed by atoms with E-state index in [-0.39, 0.29) is 17.1 Å². The third-order valence-corrected chi connectivity index (χ3v) is 2.68. The minimum atomic E-state index is -0.353. The molecule has 3 rings (SSSR count). The van der Waals surface area contributed by atoms with Crippen LogP contribution in [-0.2, 0) is 0 Å². The number of nitrogens with two attached hydrogens (primary N) is 1. The van der Waals surface area contributed by atoms with Crippen LogP contribution < -0.4 is 11.3 Å². The lowest BCUT2D eigenvalue weighted by molar-refractivity contribution is 0.628. The number of nitrogens with zero attached hydrogens (tertiary/aromatic N) is 2. The van der Waals surface area contributed by atoms with Gasteiger partial charge >= 0.3 is 0 Å². The molecule has 0 atom stereocenters. The van der Waals surface area contributed by atoms with E-state index in [0.29, 0.717) is 11.3 Å². The van der Waals surface area contributed by atoms with Gasteiger partial charge < -0.3 is 5.73 Å². The van der Waals surface area contributed by atoms with Crippen molar-refractivity contribution in [2.45, 2.75) is 0 Å². The normalized spacial score (nSPS) is 10.9. The molecule has 2 aromatic heterocycles. The summed E-state index contributed by atoms with van der Waals surface area (Å²) in [5, 5.41) is 2.88. The first-order valence-electron chi connectivity index (χ1n) is 5.27. The summed E-state index contributed by atoms with van der Waals surface area (Å²) in [6.45, 7) is 0. The lowest BCUT2D eigenvalue weighted by Crippen LogP contribution is -2.18. The van der Waals surface area contributed by atoms with Crippen LogP contribution in [0.5, 0.6) is 0 Å². The summed E-state index contributed by atoms with van der Waals surface area (Å²) in [5.41, 5.74) is 7.11. The van der Waals surface area contributed by atoms with Crippen molar-refractivity contribution in [1.29, 1.82) is 0 Å². The highest BCUT2D eigenvalue weighted by atomic mass is 19.1. The summed E-state index contributed by atoms with van der Waals surface area (Å²) in [6, 6.07) is 7.65. The van der Waals surface area contributed by atoms with Gasteiger partial charge in [0.2, 0.25) is 0 Å². The van der Waals surface area contributed by atoms with E-state index >= 15 is 0 Å². The fourth-order valence-corrected chi connectivity index (χ4v) is 1.75. The van der Waals surface area contributed by atoms with Crippen LogP contribution in [0.2, 0.25) is 0 Å². The van der Waals surface area contributed by atoms with Crippen LogP contribution in [0.3, 0.4) is 0 Å². The van der Waals surface area contributed by atoms with Gasteiger partial charge in [-0.25, -0.2) is 9.37 Å². The Hall–Kier alpha value is -2.63. The molecule has 0 fully saturated rings. The molecule has 0 saturated heterocycles. The van der Waals surface area contributed by atoms with Crippen molar-refractivity contribution in [3.8, 4) is 11.3 Å². The number of hydrogen-bond donors (Lipinski definition) is 2. The van der Waals surface area contributed by atoms with Gasteiger partial charge in [-0.2, -0.15) is 4.52 Å². The van der Waals surface area contributed by atoms with Crippen molar-refractivity contribution in [3.63, 3.8) is 0 Å². The molecule has 0 spiro atoms. The molecule has 3 N–H and O–H groups in total. The molecule has 0 unspecified atom stereocenters. The standard InChI is InChI=1S/C12H9FN4O/c13-8-3-1-7(2-4-8)10-5-11-15-6-9(14)12(18)17(11)16-10/h1-6,16H,14H2. The molecular weight excluding hydrogens is 235 g/mol. The summed E-state index contributed by atoms with van der Waals surface area (Å²) in [4.78, 5) is 15.8. The molecule has 0 aliphatic rings. The van der Waals surface area contributed by atoms with Crippen LogP contribution in [0.4, 0.5) is 10.1 Å². The molecule has 18 heavy (non-hydrogen) atoms. The quantitative estimate of drug-likeness (QED) is 0.679. The summed E-state index contributed by atoms with van der Waals surface area (Å²) >= 11 is 0. The summed E-state index contributed by atoms with van der Waals surface area (Å²) in [6.07, 6.45) is 1.32. The first-order chi connectivity index (χ1) is 8.65. The zero-order valence-electron chi connectivity index (χ0n) is 9.22. The maximum atomic E-state index is 12.8. The monoisotopic (exact) mass is 244 g/mol. The van der Waals surface area contributed by atoms with E-state index in [1.54, 1.807) is 18.2 Å². The number of fused-ring (bicyclic) bond motifs is 1. The number of benzene rings is 1. The third-order valence-electron chi connectivity index (χ3n) is 2.68. The number of H-pyrrole nitrogens is 1. The van der Waals surface area contributed by atoms with E-state index in [0.717, 1.165) is 5.56 Å². The van der Waals surface area contributed by atoms with Crippen LogP contribution in [0.25, 0.3) is 16.9 Å². The second-order valence-electron chi connectivity index (χ2n) is 3.89. The minimum Gasteiger partial charge on any atom is -0.393 e. The lowest BCUT2D eigenvalue weighted by atomic mass is 10.1. The van der Waals surface area contributed by atoms with Crippen molar-refractivity contribution in [1.82, 2.24) is 14.6 Å². The summed E-state index contributed by atoms with van der Waals surface area (Å²) in [7, 11) is 0. The SMILES string of the molecule is Nc1cnc2cc(-c3ccc(F)cc3)[nH]n2c1=O. The first-order valence-corrected chi connectivity index (χ1v) is 5.27. The molecule has 2 heterocycles.